The largest absolute Gasteiger partial charge is 0.494 e. The maximum absolute atomic E-state index is 10.7. The zero-order valence-corrected chi connectivity index (χ0v) is 3.33. The first kappa shape index (κ1) is 7.19. The van der Waals surface area contributed by atoms with Gasteiger partial charge in [0.05, 0.1) is 0 Å². The van der Waals surface area contributed by atoms with Crippen LogP contribution in [0.4, 0.5) is 17.7 Å². The van der Waals surface area contributed by atoms with E-state index in [1.807, 2.05) is 4.94 Å². The number of halogens is 4. The molecule has 0 aromatic carbocycles. The Kier molecular flexibility index (Phi) is 1.77. The van der Waals surface area contributed by atoms with Crippen molar-refractivity contribution in [1.29, 1.82) is 0 Å². The summed E-state index contributed by atoms with van der Waals surface area (Å²) >= 11 is 0. The first-order chi connectivity index (χ1) is 3.48. The molecule has 0 aliphatic carbocycles. The van der Waals surface area contributed by atoms with E-state index in [9.17, 15) is 17.7 Å². The summed E-state index contributed by atoms with van der Waals surface area (Å²) in [5.74, 6) is -2.84. The van der Waals surface area contributed by atoms with Gasteiger partial charge in [0.2, 0.25) is 0 Å². The lowest BCUT2D eigenvalue weighted by Crippen LogP contribution is -2.22. The normalized spacial score (nSPS) is 11.0. The molecule has 0 aromatic heterocycles. The van der Waals surface area contributed by atoms with Crippen molar-refractivity contribution in [3.63, 3.8) is 0 Å². The van der Waals surface area contributed by atoms with Gasteiger partial charge in [0.25, 0.3) is 0 Å². The number of carbonyl (C=O) groups is 1. The molecule has 0 fully saturated rings. The predicted molar refractivity (Wildman–Crippen MR) is 13.3 cm³/mol. The molecule has 0 N–H and O–H groups in total. The number of alkyl halides is 3. The summed E-state index contributed by atoms with van der Waals surface area (Å²) < 4.78 is 42.5. The number of hydrogen-bond acceptors (Lipinski definition) is 2. The number of hydrogen-bond donors (Lipinski definition) is 0. The van der Waals surface area contributed by atoms with E-state index < -0.39 is 12.1 Å². The molecule has 0 saturated heterocycles. The Bertz CT molecular complexity index is 94.7. The van der Waals surface area contributed by atoms with E-state index >= 15 is 0 Å². The molecule has 6 heteroatoms. The Morgan fingerprint density at radius 3 is 1.75 bits per heavy atom. The molecule has 2 nitrogen and oxygen atoms in total. The van der Waals surface area contributed by atoms with Gasteiger partial charge in [0.1, 0.15) is 0 Å². The van der Waals surface area contributed by atoms with Crippen LogP contribution < -0.4 is 0 Å². The van der Waals surface area contributed by atoms with E-state index in [0.717, 1.165) is 0 Å². The second-order valence-corrected chi connectivity index (χ2v) is 0.862. The third-order valence-corrected chi connectivity index (χ3v) is 0.302. The molecule has 0 aliphatic rings. The monoisotopic (exact) mass is 132 g/mol. The molecular weight excluding hydrogens is 132 g/mol. The van der Waals surface area contributed by atoms with Gasteiger partial charge < -0.3 is 0 Å². The summed E-state index contributed by atoms with van der Waals surface area (Å²) in [5.41, 5.74) is 0. The van der Waals surface area contributed by atoms with E-state index in [4.69, 9.17) is 4.79 Å². The second kappa shape index (κ2) is 1.97. The molecule has 0 heterocycles. The summed E-state index contributed by atoms with van der Waals surface area (Å²) in [4.78, 5) is 11.0. The van der Waals surface area contributed by atoms with Crippen LogP contribution in [0, 0.1) is 0 Å². The fraction of sp³-hybridized carbons (Fsp3) is 0.500. The summed E-state index contributed by atoms with van der Waals surface area (Å²) in [6, 6.07) is 0. The van der Waals surface area contributed by atoms with E-state index in [1.165, 1.54) is 0 Å². The third kappa shape index (κ3) is 1.76. The molecule has 48 valence electrons. The molecular formula is C2F4O2. The lowest BCUT2D eigenvalue weighted by molar-refractivity contribution is -0.234. The molecule has 0 rings (SSSR count). The molecule has 0 radical (unpaired) electrons. The molecule has 0 aromatic rings. The smallest absolute Gasteiger partial charge is 0.244 e. The topological polar surface area (TPSA) is 26.3 Å². The quantitative estimate of drug-likeness (QED) is 0.459. The van der Waals surface area contributed by atoms with Crippen LogP contribution in [0.5, 0.6) is 0 Å². The van der Waals surface area contributed by atoms with Gasteiger partial charge in [-0.05, 0) is 0 Å². The standard InChI is InChI=1S/C2F4O2/c3-2(4,5)1(7)8-6. The van der Waals surface area contributed by atoms with Crippen LogP contribution in [-0.4, -0.2) is 12.1 Å². The van der Waals surface area contributed by atoms with Gasteiger partial charge in [0.15, 0.2) is 0 Å². The molecule has 8 heavy (non-hydrogen) atoms. The highest BCUT2D eigenvalue weighted by Crippen LogP contribution is 2.15. The third-order valence-electron chi connectivity index (χ3n) is 0.302. The van der Waals surface area contributed by atoms with Crippen molar-refractivity contribution < 1.29 is 27.4 Å². The van der Waals surface area contributed by atoms with Crippen LogP contribution >= 0.6 is 0 Å². The zero-order chi connectivity index (χ0) is 6.78. The van der Waals surface area contributed by atoms with Crippen molar-refractivity contribution in [1.82, 2.24) is 0 Å². The fourth-order valence-corrected chi connectivity index (χ4v) is 0.0437. The minimum atomic E-state index is -5.23. The summed E-state index contributed by atoms with van der Waals surface area (Å²) in [7, 11) is 0. The highest BCUT2D eigenvalue weighted by molar-refractivity contribution is 5.74. The highest BCUT2D eigenvalue weighted by Gasteiger charge is 2.42. The van der Waals surface area contributed by atoms with Crippen LogP contribution in [-0.2, 0) is 9.74 Å². The van der Waals surface area contributed by atoms with Gasteiger partial charge in [-0.25, -0.2) is 9.74 Å². The van der Waals surface area contributed by atoms with E-state index in [1.54, 1.807) is 0 Å². The van der Waals surface area contributed by atoms with Gasteiger partial charge in [-0.1, -0.05) is 0 Å². The zero-order valence-electron chi connectivity index (χ0n) is 3.33. The Labute approximate surface area is 40.9 Å². The molecule has 0 saturated carbocycles. The molecule has 0 spiro atoms. The maximum atomic E-state index is 10.7. The molecule has 0 unspecified atom stereocenters. The van der Waals surface area contributed by atoms with E-state index in [-0.39, 0.29) is 0 Å². The van der Waals surface area contributed by atoms with Crippen molar-refractivity contribution in [2.45, 2.75) is 6.18 Å². The van der Waals surface area contributed by atoms with Crippen LogP contribution in [0.15, 0.2) is 0 Å². The van der Waals surface area contributed by atoms with Crippen LogP contribution in [0.3, 0.4) is 0 Å². The lowest BCUT2D eigenvalue weighted by atomic mass is 10.7. The van der Waals surface area contributed by atoms with Gasteiger partial charge in [-0.3, -0.25) is 0 Å². The first-order valence-corrected chi connectivity index (χ1v) is 1.38. The van der Waals surface area contributed by atoms with Crippen molar-refractivity contribution in [3.05, 3.63) is 0 Å². The van der Waals surface area contributed by atoms with Crippen molar-refractivity contribution >= 4 is 5.97 Å². The Morgan fingerprint density at radius 1 is 1.38 bits per heavy atom. The Morgan fingerprint density at radius 2 is 1.75 bits per heavy atom. The predicted octanol–water partition coefficient (Wildman–Crippen LogP) is 0.976. The summed E-state index contributed by atoms with van der Waals surface area (Å²) in [5, 5.41) is 0. The average molecular weight is 132 g/mol. The molecule has 0 bridgehead atoms. The van der Waals surface area contributed by atoms with Crippen LogP contribution in [0.2, 0.25) is 0 Å². The second-order valence-electron chi connectivity index (χ2n) is 0.862. The average Bonchev–Trinajstić information content (AvgIpc) is 1.62. The van der Waals surface area contributed by atoms with Gasteiger partial charge >= 0.3 is 12.1 Å². The number of rotatable bonds is 0. The summed E-state index contributed by atoms with van der Waals surface area (Å²) in [6.07, 6.45) is -5.23. The first-order valence-electron chi connectivity index (χ1n) is 1.38. The molecule has 0 amide bonds. The SMILES string of the molecule is O=C(OF)C(F)(F)F. The van der Waals surface area contributed by atoms with Crippen molar-refractivity contribution in [2.24, 2.45) is 0 Å². The van der Waals surface area contributed by atoms with E-state index in [2.05, 4.69) is 0 Å². The summed E-state index contributed by atoms with van der Waals surface area (Å²) in [6.45, 7) is 0. The van der Waals surface area contributed by atoms with Crippen molar-refractivity contribution in [2.75, 3.05) is 0 Å². The minimum Gasteiger partial charge on any atom is -0.244 e. The molecule has 0 atom stereocenters. The maximum Gasteiger partial charge on any atom is 0.494 e. The van der Waals surface area contributed by atoms with E-state index in [0.29, 0.717) is 0 Å². The fourth-order valence-electron chi connectivity index (χ4n) is 0.0437. The lowest BCUT2D eigenvalue weighted by Gasteiger charge is -1.95. The number of carbonyl (C=O) groups excluding carboxylic acids is 1. The highest BCUT2D eigenvalue weighted by atomic mass is 19.4. The minimum absolute atomic E-state index is 1.85. The van der Waals surface area contributed by atoms with Crippen molar-refractivity contribution in [3.8, 4) is 0 Å². The Balaban J connectivity index is 3.82. The van der Waals surface area contributed by atoms with Gasteiger partial charge in [0, 0.05) is 4.53 Å². The van der Waals surface area contributed by atoms with Gasteiger partial charge in [-0.15, -0.1) is 0 Å². The van der Waals surface area contributed by atoms with Crippen LogP contribution in [0.25, 0.3) is 0 Å². The van der Waals surface area contributed by atoms with Gasteiger partial charge in [-0.2, -0.15) is 13.2 Å². The van der Waals surface area contributed by atoms with Crippen LogP contribution in [0.1, 0.15) is 0 Å². The Hall–Kier alpha value is -0.810. The molecule has 0 aliphatic heterocycles.